The summed E-state index contributed by atoms with van der Waals surface area (Å²) in [6.45, 7) is 0. The Labute approximate surface area is 67.4 Å². The minimum atomic E-state index is -0.743. The van der Waals surface area contributed by atoms with Crippen LogP contribution in [0.2, 0.25) is 0 Å². The molecule has 4 N–H and O–H groups in total. The molecule has 1 rings (SSSR count). The van der Waals surface area contributed by atoms with E-state index in [1.165, 1.54) is 6.07 Å². The minimum absolute atomic E-state index is 0.549. The zero-order valence-electron chi connectivity index (χ0n) is 5.81. The molecule has 0 aliphatic heterocycles. The topological polar surface area (TPSA) is 105 Å². The largest absolute Gasteiger partial charge is 0.504 e. The van der Waals surface area contributed by atoms with E-state index in [0.29, 0.717) is 0 Å². The monoisotopic (exact) mass is 167 g/mol. The highest BCUT2D eigenvalue weighted by atomic mass is 16.3. The third-order valence-corrected chi connectivity index (χ3v) is 1.34. The van der Waals surface area contributed by atoms with Gasteiger partial charge in [-0.3, -0.25) is 0 Å². The van der Waals surface area contributed by atoms with Gasteiger partial charge in [-0.1, -0.05) is 0 Å². The van der Waals surface area contributed by atoms with Gasteiger partial charge in [-0.15, -0.1) is 0 Å². The van der Waals surface area contributed by atoms with Crippen LogP contribution < -0.4 is 0 Å². The molecule has 0 saturated heterocycles. The second kappa shape index (κ2) is 2.51. The molecule has 1 aromatic rings. The molecule has 0 spiro atoms. The second-order valence-corrected chi connectivity index (χ2v) is 2.10. The normalized spacial score (nSPS) is 9.25. The van der Waals surface area contributed by atoms with E-state index in [-0.39, 0.29) is 0 Å². The fraction of sp³-hybridized carbons (Fsp3) is 0. The van der Waals surface area contributed by atoms with E-state index in [2.05, 4.69) is 0 Å². The van der Waals surface area contributed by atoms with E-state index in [0.717, 1.165) is 6.07 Å². The average molecular weight is 167 g/mol. The molecular weight excluding hydrogens is 162 g/mol. The van der Waals surface area contributed by atoms with Gasteiger partial charge in [0.15, 0.2) is 23.0 Å². The molecule has 0 fully saturated rings. The van der Waals surface area contributed by atoms with Crippen LogP contribution in [-0.2, 0) is 0 Å². The Morgan fingerprint density at radius 1 is 1.00 bits per heavy atom. The Morgan fingerprint density at radius 3 is 1.75 bits per heavy atom. The van der Waals surface area contributed by atoms with E-state index in [9.17, 15) is 0 Å². The second-order valence-electron chi connectivity index (χ2n) is 2.10. The Balaban J connectivity index is 3.56. The summed E-state index contributed by atoms with van der Waals surface area (Å²) in [6, 6.07) is 2.17. The van der Waals surface area contributed by atoms with E-state index in [4.69, 9.17) is 25.7 Å². The van der Waals surface area contributed by atoms with Crippen molar-refractivity contribution in [2.24, 2.45) is 0 Å². The molecule has 12 heavy (non-hydrogen) atoms. The smallest absolute Gasteiger partial charge is 0.179 e. The number of hydrogen-bond acceptors (Lipinski definition) is 5. The zero-order valence-corrected chi connectivity index (χ0v) is 5.81. The van der Waals surface area contributed by atoms with Gasteiger partial charge in [-0.2, -0.15) is 5.26 Å². The maximum Gasteiger partial charge on any atom is 0.179 e. The molecule has 0 atom stereocenters. The number of nitriles is 1. The van der Waals surface area contributed by atoms with E-state index < -0.39 is 28.6 Å². The van der Waals surface area contributed by atoms with Gasteiger partial charge in [0, 0.05) is 6.07 Å². The fourth-order valence-electron chi connectivity index (χ4n) is 0.740. The molecule has 0 amide bonds. The van der Waals surface area contributed by atoms with E-state index >= 15 is 0 Å². The number of phenols is 4. The summed E-state index contributed by atoms with van der Waals surface area (Å²) in [5, 5.41) is 44.0. The highest BCUT2D eigenvalue weighted by molar-refractivity contribution is 5.63. The van der Waals surface area contributed by atoms with Crippen molar-refractivity contribution in [1.29, 1.82) is 5.26 Å². The first-order chi connectivity index (χ1) is 5.57. The van der Waals surface area contributed by atoms with Crippen molar-refractivity contribution in [3.8, 4) is 29.1 Å². The molecular formula is C7H5NO4. The summed E-state index contributed by atoms with van der Waals surface area (Å²) in [4.78, 5) is 0. The van der Waals surface area contributed by atoms with Gasteiger partial charge >= 0.3 is 0 Å². The van der Waals surface area contributed by atoms with Crippen molar-refractivity contribution >= 4 is 0 Å². The predicted molar refractivity (Wildman–Crippen MR) is 37.8 cm³/mol. The van der Waals surface area contributed by atoms with Crippen LogP contribution >= 0.6 is 0 Å². The maximum atomic E-state index is 8.96. The summed E-state index contributed by atoms with van der Waals surface area (Å²) in [6.07, 6.45) is 0. The molecule has 0 aliphatic rings. The van der Waals surface area contributed by atoms with Gasteiger partial charge in [-0.25, -0.2) is 0 Å². The summed E-state index contributed by atoms with van der Waals surface area (Å²) in [7, 11) is 0. The van der Waals surface area contributed by atoms with E-state index in [1.54, 1.807) is 0 Å². The van der Waals surface area contributed by atoms with Crippen LogP contribution in [0.25, 0.3) is 0 Å². The maximum absolute atomic E-state index is 8.96. The molecule has 0 bridgehead atoms. The lowest BCUT2D eigenvalue weighted by molar-refractivity contribution is 0.371. The highest BCUT2D eigenvalue weighted by Crippen LogP contribution is 2.41. The molecule has 5 nitrogen and oxygen atoms in total. The molecule has 1 aromatic carbocycles. The van der Waals surface area contributed by atoms with Crippen LogP contribution in [0.1, 0.15) is 5.56 Å². The third-order valence-electron chi connectivity index (χ3n) is 1.34. The first-order valence-electron chi connectivity index (χ1n) is 2.95. The number of aromatic hydroxyl groups is 4. The zero-order chi connectivity index (χ0) is 9.30. The summed E-state index contributed by atoms with van der Waals surface area (Å²) >= 11 is 0. The quantitative estimate of drug-likeness (QED) is 0.330. The van der Waals surface area contributed by atoms with Gasteiger partial charge in [0.2, 0.25) is 0 Å². The predicted octanol–water partition coefficient (Wildman–Crippen LogP) is 0.381. The summed E-state index contributed by atoms with van der Waals surface area (Å²) < 4.78 is 0. The Morgan fingerprint density at radius 2 is 1.42 bits per heavy atom. The number of rotatable bonds is 0. The minimum Gasteiger partial charge on any atom is -0.504 e. The average Bonchev–Trinajstić information content (AvgIpc) is 2.02. The molecule has 0 saturated carbocycles. The highest BCUT2D eigenvalue weighted by Gasteiger charge is 2.15. The number of nitrogens with zero attached hydrogens (tertiary/aromatic N) is 1. The van der Waals surface area contributed by atoms with Gasteiger partial charge in [0.1, 0.15) is 11.6 Å². The molecule has 62 valence electrons. The van der Waals surface area contributed by atoms with Crippen LogP contribution in [0, 0.1) is 11.3 Å². The van der Waals surface area contributed by atoms with Gasteiger partial charge < -0.3 is 20.4 Å². The van der Waals surface area contributed by atoms with Crippen molar-refractivity contribution in [2.45, 2.75) is 0 Å². The van der Waals surface area contributed by atoms with Crippen LogP contribution in [0.4, 0.5) is 0 Å². The molecule has 0 heterocycles. The molecule has 0 aliphatic carbocycles. The first-order valence-corrected chi connectivity index (χ1v) is 2.95. The fourth-order valence-corrected chi connectivity index (χ4v) is 0.740. The number of hydrogen-bond donors (Lipinski definition) is 4. The van der Waals surface area contributed by atoms with Crippen molar-refractivity contribution < 1.29 is 20.4 Å². The summed E-state index contributed by atoms with van der Waals surface area (Å²) in [5.74, 6) is -2.79. The lowest BCUT2D eigenvalue weighted by atomic mass is 10.1. The lowest BCUT2D eigenvalue weighted by Gasteiger charge is -2.03. The van der Waals surface area contributed by atoms with Crippen molar-refractivity contribution in [3.63, 3.8) is 0 Å². The first kappa shape index (κ1) is 8.01. The van der Waals surface area contributed by atoms with Crippen LogP contribution in [-0.4, -0.2) is 20.4 Å². The van der Waals surface area contributed by atoms with Crippen molar-refractivity contribution in [2.75, 3.05) is 0 Å². The summed E-state index contributed by atoms with van der Waals surface area (Å²) in [5.41, 5.74) is -0.549. The van der Waals surface area contributed by atoms with Gasteiger partial charge in [-0.05, 0) is 0 Å². The molecule has 5 heteroatoms. The van der Waals surface area contributed by atoms with E-state index in [1.807, 2.05) is 0 Å². The standard InChI is InChI=1S/C7H5NO4/c8-2-3-6(11)4(9)1-5(10)7(3)12/h1,9-12H. The van der Waals surface area contributed by atoms with Crippen LogP contribution in [0.15, 0.2) is 6.07 Å². The van der Waals surface area contributed by atoms with Gasteiger partial charge in [0.25, 0.3) is 0 Å². The number of benzene rings is 1. The molecule has 0 unspecified atom stereocenters. The number of phenolic OH excluding ortho intramolecular Hbond substituents is 4. The lowest BCUT2D eigenvalue weighted by Crippen LogP contribution is -1.80. The van der Waals surface area contributed by atoms with Crippen molar-refractivity contribution in [3.05, 3.63) is 11.6 Å². The SMILES string of the molecule is N#Cc1c(O)c(O)cc(O)c1O. The Kier molecular flexibility index (Phi) is 1.67. The van der Waals surface area contributed by atoms with Crippen LogP contribution in [0.5, 0.6) is 23.0 Å². The van der Waals surface area contributed by atoms with Crippen molar-refractivity contribution in [1.82, 2.24) is 0 Å². The third kappa shape index (κ3) is 0.953. The van der Waals surface area contributed by atoms with Gasteiger partial charge in [0.05, 0.1) is 0 Å². The Hall–Kier alpha value is -2.09. The molecule has 0 radical (unpaired) electrons. The Bertz CT molecular complexity index is 340. The molecule has 0 aromatic heterocycles. The van der Waals surface area contributed by atoms with Crippen LogP contribution in [0.3, 0.4) is 0 Å².